The summed E-state index contributed by atoms with van der Waals surface area (Å²) in [6, 6.07) is 0. The van der Waals surface area contributed by atoms with Gasteiger partial charge in [0.1, 0.15) is 0 Å². The Kier molecular flexibility index (Phi) is 5.85. The predicted molar refractivity (Wildman–Crippen MR) is 35.2 cm³/mol. The molecule has 0 aromatic rings. The third-order valence-corrected chi connectivity index (χ3v) is 1.60. The zero-order valence-corrected chi connectivity index (χ0v) is 6.23. The zero-order chi connectivity index (χ0) is 5.54. The molecule has 0 spiro atoms. The van der Waals surface area contributed by atoms with Crippen molar-refractivity contribution in [1.82, 2.24) is 0 Å². The topological polar surface area (TPSA) is 9.23 Å². The minimum atomic E-state index is -0.0476. The average Bonchev–Trinajstić information content (AvgIpc) is 1.69. The molecule has 0 saturated heterocycles. The lowest BCUT2D eigenvalue weighted by atomic mass is 10.9. The third-order valence-electron chi connectivity index (χ3n) is 0.670. The molecule has 2 heteroatoms. The second kappa shape index (κ2) is 5.92. The molecule has 0 aromatic heterocycles. The summed E-state index contributed by atoms with van der Waals surface area (Å²) in [5.74, 6) is 0. The molecule has 0 saturated carbocycles. The average molecular weight is 116 g/mol. The van der Waals surface area contributed by atoms with Crippen LogP contribution in [0, 0.1) is 0 Å². The van der Waals surface area contributed by atoms with E-state index < -0.39 is 0 Å². The largest absolute Gasteiger partial charge is 0.385 e. The molecular formula is C5H12OSi. The van der Waals surface area contributed by atoms with Crippen molar-refractivity contribution in [1.29, 1.82) is 0 Å². The smallest absolute Gasteiger partial charge is 0.0749 e. The standard InChI is InChI=1S/C5H12OSi/c1-3-6-5-7-4-2/h4H,2-3,5,7H2,1H3. The van der Waals surface area contributed by atoms with Crippen LogP contribution in [0.4, 0.5) is 0 Å². The van der Waals surface area contributed by atoms with E-state index in [2.05, 4.69) is 6.58 Å². The van der Waals surface area contributed by atoms with Crippen molar-refractivity contribution in [2.45, 2.75) is 6.92 Å². The van der Waals surface area contributed by atoms with E-state index in [0.29, 0.717) is 0 Å². The van der Waals surface area contributed by atoms with Crippen LogP contribution in [0.2, 0.25) is 0 Å². The van der Waals surface area contributed by atoms with Gasteiger partial charge in [-0.05, 0) is 6.92 Å². The summed E-state index contributed by atoms with van der Waals surface area (Å²) in [5.41, 5.74) is 2.00. The maximum atomic E-state index is 5.06. The van der Waals surface area contributed by atoms with Crippen LogP contribution in [-0.4, -0.2) is 22.4 Å². The Morgan fingerprint density at radius 1 is 1.86 bits per heavy atom. The maximum absolute atomic E-state index is 5.06. The third kappa shape index (κ3) is 5.92. The van der Waals surface area contributed by atoms with Gasteiger partial charge in [0.15, 0.2) is 0 Å². The summed E-state index contributed by atoms with van der Waals surface area (Å²) in [6.07, 6.45) is 0.958. The van der Waals surface area contributed by atoms with E-state index in [-0.39, 0.29) is 9.52 Å². The van der Waals surface area contributed by atoms with Crippen LogP contribution >= 0.6 is 0 Å². The van der Waals surface area contributed by atoms with Crippen LogP contribution < -0.4 is 0 Å². The summed E-state index contributed by atoms with van der Waals surface area (Å²) >= 11 is 0. The van der Waals surface area contributed by atoms with Gasteiger partial charge in [-0.2, -0.15) is 0 Å². The normalized spacial score (nSPS) is 10.4. The second-order valence-corrected chi connectivity index (χ2v) is 2.84. The SMILES string of the molecule is C=C[SiH2]COCC. The second-order valence-electron chi connectivity index (χ2n) is 1.27. The number of hydrogen-bond acceptors (Lipinski definition) is 1. The molecule has 0 bridgehead atoms. The fraction of sp³-hybridized carbons (Fsp3) is 0.600. The van der Waals surface area contributed by atoms with Crippen LogP contribution in [-0.2, 0) is 4.74 Å². The fourth-order valence-electron chi connectivity index (χ4n) is 0.311. The van der Waals surface area contributed by atoms with Crippen molar-refractivity contribution in [2.24, 2.45) is 0 Å². The predicted octanol–water partition coefficient (Wildman–Crippen LogP) is 0.293. The van der Waals surface area contributed by atoms with Gasteiger partial charge in [-0.15, -0.1) is 12.3 Å². The van der Waals surface area contributed by atoms with Crippen LogP contribution in [0.15, 0.2) is 12.3 Å². The summed E-state index contributed by atoms with van der Waals surface area (Å²) in [4.78, 5) is 0. The van der Waals surface area contributed by atoms with E-state index in [1.54, 1.807) is 0 Å². The van der Waals surface area contributed by atoms with Gasteiger partial charge in [0.2, 0.25) is 0 Å². The van der Waals surface area contributed by atoms with Crippen molar-refractivity contribution in [2.75, 3.05) is 12.8 Å². The first kappa shape index (κ1) is 6.92. The summed E-state index contributed by atoms with van der Waals surface area (Å²) in [6.45, 7) is 6.47. The molecule has 1 nitrogen and oxygen atoms in total. The molecule has 0 radical (unpaired) electrons. The van der Waals surface area contributed by atoms with Crippen molar-refractivity contribution in [3.8, 4) is 0 Å². The van der Waals surface area contributed by atoms with Crippen LogP contribution in [0.3, 0.4) is 0 Å². The molecule has 42 valence electrons. The first-order chi connectivity index (χ1) is 3.41. The van der Waals surface area contributed by atoms with Crippen LogP contribution in [0.1, 0.15) is 6.92 Å². The van der Waals surface area contributed by atoms with Crippen molar-refractivity contribution >= 4 is 9.52 Å². The number of rotatable bonds is 4. The molecule has 0 rings (SSSR count). The van der Waals surface area contributed by atoms with Gasteiger partial charge >= 0.3 is 0 Å². The highest BCUT2D eigenvalue weighted by atomic mass is 28.2. The van der Waals surface area contributed by atoms with Crippen LogP contribution in [0.5, 0.6) is 0 Å². The molecule has 0 N–H and O–H groups in total. The van der Waals surface area contributed by atoms with Gasteiger partial charge in [-0.3, -0.25) is 0 Å². The molecule has 0 unspecified atom stereocenters. The molecule has 0 heterocycles. The monoisotopic (exact) mass is 116 g/mol. The minimum absolute atomic E-state index is 0.0476. The molecule has 0 aliphatic rings. The lowest BCUT2D eigenvalue weighted by Crippen LogP contribution is -1.99. The Morgan fingerprint density at radius 3 is 3.00 bits per heavy atom. The molecule has 7 heavy (non-hydrogen) atoms. The van der Waals surface area contributed by atoms with E-state index in [1.165, 1.54) is 0 Å². The van der Waals surface area contributed by atoms with Gasteiger partial charge in [-0.1, -0.05) is 0 Å². The van der Waals surface area contributed by atoms with E-state index in [4.69, 9.17) is 4.74 Å². The molecule has 0 aromatic carbocycles. The van der Waals surface area contributed by atoms with Gasteiger partial charge in [0, 0.05) is 12.8 Å². The first-order valence-electron chi connectivity index (χ1n) is 2.60. The maximum Gasteiger partial charge on any atom is 0.0749 e. The quantitative estimate of drug-likeness (QED) is 0.379. The minimum Gasteiger partial charge on any atom is -0.385 e. The number of ether oxygens (including phenoxy) is 1. The van der Waals surface area contributed by atoms with E-state index in [1.807, 2.05) is 12.6 Å². The molecule has 0 atom stereocenters. The summed E-state index contributed by atoms with van der Waals surface area (Å²) in [5, 5.41) is 0. The van der Waals surface area contributed by atoms with E-state index in [0.717, 1.165) is 12.8 Å². The van der Waals surface area contributed by atoms with Gasteiger partial charge in [-0.25, -0.2) is 0 Å². The highest BCUT2D eigenvalue weighted by Crippen LogP contribution is 1.68. The summed E-state index contributed by atoms with van der Waals surface area (Å²) in [7, 11) is -0.0476. The highest BCUT2D eigenvalue weighted by Gasteiger charge is 1.76. The Labute approximate surface area is 47.2 Å². The Balaban J connectivity index is 2.56. The Bertz CT molecular complexity index is 45.3. The fourth-order valence-corrected chi connectivity index (χ4v) is 0.933. The molecule has 0 amide bonds. The molecule has 0 aliphatic heterocycles. The molecular weight excluding hydrogens is 104 g/mol. The van der Waals surface area contributed by atoms with Crippen molar-refractivity contribution < 1.29 is 4.74 Å². The first-order valence-corrected chi connectivity index (χ1v) is 4.42. The van der Waals surface area contributed by atoms with Crippen LogP contribution in [0.25, 0.3) is 0 Å². The van der Waals surface area contributed by atoms with Gasteiger partial charge in [0.05, 0.1) is 9.52 Å². The summed E-state index contributed by atoms with van der Waals surface area (Å²) < 4.78 is 5.06. The highest BCUT2D eigenvalue weighted by molar-refractivity contribution is 6.41. The van der Waals surface area contributed by atoms with Gasteiger partial charge in [0.25, 0.3) is 0 Å². The lowest BCUT2D eigenvalue weighted by Gasteiger charge is -1.92. The molecule has 0 aliphatic carbocycles. The number of hydrogen-bond donors (Lipinski definition) is 0. The van der Waals surface area contributed by atoms with Gasteiger partial charge < -0.3 is 4.74 Å². The van der Waals surface area contributed by atoms with Crippen molar-refractivity contribution in [3.63, 3.8) is 0 Å². The van der Waals surface area contributed by atoms with E-state index in [9.17, 15) is 0 Å². The Hall–Kier alpha value is -0.0831. The van der Waals surface area contributed by atoms with E-state index >= 15 is 0 Å². The van der Waals surface area contributed by atoms with Crippen molar-refractivity contribution in [3.05, 3.63) is 12.3 Å². The molecule has 0 fully saturated rings. The lowest BCUT2D eigenvalue weighted by molar-refractivity contribution is 0.193. The zero-order valence-electron chi connectivity index (χ0n) is 4.81. The Morgan fingerprint density at radius 2 is 2.57 bits per heavy atom.